The molecular formula is C26H31N5. The normalized spacial score (nSPS) is 23.5. The van der Waals surface area contributed by atoms with Gasteiger partial charge in [0.25, 0.3) is 0 Å². The lowest BCUT2D eigenvalue weighted by atomic mass is 9.85. The van der Waals surface area contributed by atoms with Gasteiger partial charge < -0.3 is 10.3 Å². The number of aromatic amines is 1. The second kappa shape index (κ2) is 6.92. The van der Waals surface area contributed by atoms with Crippen molar-refractivity contribution in [1.29, 1.82) is 0 Å². The zero-order chi connectivity index (χ0) is 21.3. The van der Waals surface area contributed by atoms with Crippen LogP contribution in [0.5, 0.6) is 0 Å². The molecule has 2 N–H and O–H groups in total. The Morgan fingerprint density at radius 2 is 1.84 bits per heavy atom. The van der Waals surface area contributed by atoms with Crippen LogP contribution >= 0.6 is 0 Å². The Balaban J connectivity index is 1.51. The number of pyridine rings is 1. The van der Waals surface area contributed by atoms with Gasteiger partial charge >= 0.3 is 0 Å². The molecule has 4 aromatic rings. The third-order valence-electron chi connectivity index (χ3n) is 7.80. The van der Waals surface area contributed by atoms with E-state index in [4.69, 9.17) is 0 Å². The predicted molar refractivity (Wildman–Crippen MR) is 126 cm³/mol. The summed E-state index contributed by atoms with van der Waals surface area (Å²) in [6, 6.07) is 8.59. The zero-order valence-electron chi connectivity index (χ0n) is 18.9. The number of nitrogens with zero attached hydrogens (tertiary/aromatic N) is 3. The fourth-order valence-electron chi connectivity index (χ4n) is 6.09. The number of aromatic nitrogens is 4. The van der Waals surface area contributed by atoms with Crippen LogP contribution in [0.1, 0.15) is 73.6 Å². The highest BCUT2D eigenvalue weighted by molar-refractivity contribution is 5.92. The van der Waals surface area contributed by atoms with E-state index in [0.29, 0.717) is 23.9 Å². The van der Waals surface area contributed by atoms with Crippen molar-refractivity contribution in [3.05, 3.63) is 53.0 Å². The Bertz CT molecular complexity index is 1280. The number of nitrogens with one attached hydrogen (secondary N) is 2. The van der Waals surface area contributed by atoms with Crippen LogP contribution in [0.15, 0.2) is 30.7 Å². The highest BCUT2D eigenvalue weighted by Crippen LogP contribution is 2.41. The van der Waals surface area contributed by atoms with Gasteiger partial charge in [-0.1, -0.05) is 19.9 Å². The van der Waals surface area contributed by atoms with E-state index >= 15 is 0 Å². The van der Waals surface area contributed by atoms with Gasteiger partial charge in [0.15, 0.2) is 5.65 Å². The highest BCUT2D eigenvalue weighted by atomic mass is 15.2. The van der Waals surface area contributed by atoms with E-state index < -0.39 is 0 Å². The summed E-state index contributed by atoms with van der Waals surface area (Å²) in [4.78, 5) is 3.78. The van der Waals surface area contributed by atoms with Crippen molar-refractivity contribution in [3.8, 4) is 11.3 Å². The van der Waals surface area contributed by atoms with Crippen molar-refractivity contribution < 1.29 is 0 Å². The largest absolute Gasteiger partial charge is 0.354 e. The maximum Gasteiger partial charge on any atom is 0.163 e. The first-order valence-corrected chi connectivity index (χ1v) is 11.7. The molecule has 0 saturated carbocycles. The molecule has 5 heteroatoms. The molecule has 6 rings (SSSR count). The summed E-state index contributed by atoms with van der Waals surface area (Å²) in [6.07, 6.45) is 9.22. The molecule has 160 valence electrons. The highest BCUT2D eigenvalue weighted by Gasteiger charge is 2.34. The minimum absolute atomic E-state index is 0.430. The van der Waals surface area contributed by atoms with E-state index in [-0.39, 0.29) is 0 Å². The summed E-state index contributed by atoms with van der Waals surface area (Å²) in [5.74, 6) is 1.11. The first-order chi connectivity index (χ1) is 15.0. The molecule has 2 bridgehead atoms. The van der Waals surface area contributed by atoms with Crippen LogP contribution in [-0.2, 0) is 0 Å². The van der Waals surface area contributed by atoms with Gasteiger partial charge in [0.05, 0.1) is 5.69 Å². The van der Waals surface area contributed by atoms with Gasteiger partial charge in [0.2, 0.25) is 0 Å². The third-order valence-corrected chi connectivity index (χ3v) is 7.80. The number of piperidine rings is 1. The number of fused-ring (bicyclic) bond motifs is 4. The van der Waals surface area contributed by atoms with E-state index in [1.807, 2.05) is 4.40 Å². The Hall–Kier alpha value is -2.66. The molecule has 0 spiro atoms. The van der Waals surface area contributed by atoms with Crippen LogP contribution in [0.3, 0.4) is 0 Å². The molecule has 5 nitrogen and oxygen atoms in total. The van der Waals surface area contributed by atoms with Crippen molar-refractivity contribution in [3.63, 3.8) is 0 Å². The van der Waals surface area contributed by atoms with Crippen LogP contribution in [0.2, 0.25) is 0 Å². The number of rotatable bonds is 3. The molecular weight excluding hydrogens is 382 g/mol. The van der Waals surface area contributed by atoms with Gasteiger partial charge in [0, 0.05) is 34.7 Å². The Labute approximate surface area is 183 Å². The van der Waals surface area contributed by atoms with Crippen molar-refractivity contribution in [2.45, 2.75) is 77.3 Å². The second-order valence-corrected chi connectivity index (χ2v) is 10.0. The molecule has 3 aromatic heterocycles. The van der Waals surface area contributed by atoms with E-state index in [1.165, 1.54) is 70.1 Å². The standard InChI is InChI=1S/C26H31N5/c1-14(2)24-21-11-17(18-9-19-6-7-20(10-18)28-19)5-8-23(21)29-25(24)22-12-31-13-27-30-26(31)16(4)15(22)3/h5,8,11-14,18-20,28-29H,6-7,9-10H2,1-4H3. The Morgan fingerprint density at radius 3 is 2.58 bits per heavy atom. The molecule has 2 unspecified atom stereocenters. The molecule has 0 amide bonds. The fraction of sp³-hybridized carbons (Fsp3) is 0.462. The Kier molecular flexibility index (Phi) is 4.26. The van der Waals surface area contributed by atoms with E-state index in [0.717, 1.165) is 5.65 Å². The van der Waals surface area contributed by atoms with Crippen molar-refractivity contribution >= 4 is 16.6 Å². The number of benzene rings is 1. The first kappa shape index (κ1) is 19.1. The number of aryl methyl sites for hydroxylation is 1. The second-order valence-electron chi connectivity index (χ2n) is 10.0. The maximum absolute atomic E-state index is 4.29. The van der Waals surface area contributed by atoms with Gasteiger partial charge in [-0.2, -0.15) is 0 Å². The predicted octanol–water partition coefficient (Wildman–Crippen LogP) is 5.62. The molecule has 2 atom stereocenters. The molecule has 0 radical (unpaired) electrons. The topological polar surface area (TPSA) is 58.0 Å². The zero-order valence-corrected chi connectivity index (χ0v) is 18.9. The summed E-state index contributed by atoms with van der Waals surface area (Å²) < 4.78 is 2.05. The van der Waals surface area contributed by atoms with E-state index in [9.17, 15) is 0 Å². The molecule has 2 saturated heterocycles. The molecule has 2 aliphatic heterocycles. The van der Waals surface area contributed by atoms with Crippen LogP contribution in [0, 0.1) is 13.8 Å². The van der Waals surface area contributed by atoms with Gasteiger partial charge in [-0.15, -0.1) is 10.2 Å². The first-order valence-electron chi connectivity index (χ1n) is 11.7. The molecule has 2 aliphatic rings. The SMILES string of the molecule is Cc1c(-c2[nH]c3ccc(C4CC5CCC(C4)N5)cc3c2C(C)C)cn2cnnc2c1C. The number of H-pyrrole nitrogens is 1. The minimum Gasteiger partial charge on any atom is -0.354 e. The summed E-state index contributed by atoms with van der Waals surface area (Å²) >= 11 is 0. The fourth-order valence-corrected chi connectivity index (χ4v) is 6.09. The summed E-state index contributed by atoms with van der Waals surface area (Å²) in [6.45, 7) is 8.96. The van der Waals surface area contributed by atoms with Gasteiger partial charge in [-0.05, 0) is 85.8 Å². The lowest BCUT2D eigenvalue weighted by molar-refractivity contribution is 0.363. The number of hydrogen-bond donors (Lipinski definition) is 2. The quantitative estimate of drug-likeness (QED) is 0.458. The summed E-state index contributed by atoms with van der Waals surface area (Å²) in [5, 5.41) is 13.6. The van der Waals surface area contributed by atoms with Crippen molar-refractivity contribution in [2.24, 2.45) is 0 Å². The number of hydrogen-bond acceptors (Lipinski definition) is 3. The van der Waals surface area contributed by atoms with E-state index in [2.05, 4.69) is 72.6 Å². The van der Waals surface area contributed by atoms with Crippen molar-refractivity contribution in [2.75, 3.05) is 0 Å². The average molecular weight is 414 g/mol. The van der Waals surface area contributed by atoms with Crippen LogP contribution in [-0.4, -0.2) is 31.7 Å². The van der Waals surface area contributed by atoms with E-state index in [1.54, 1.807) is 6.33 Å². The monoisotopic (exact) mass is 413 g/mol. The smallest absolute Gasteiger partial charge is 0.163 e. The van der Waals surface area contributed by atoms with Crippen LogP contribution in [0.25, 0.3) is 27.8 Å². The lowest BCUT2D eigenvalue weighted by Gasteiger charge is -2.29. The molecule has 5 heterocycles. The van der Waals surface area contributed by atoms with Gasteiger partial charge in [-0.3, -0.25) is 4.40 Å². The lowest BCUT2D eigenvalue weighted by Crippen LogP contribution is -2.37. The molecule has 31 heavy (non-hydrogen) atoms. The maximum atomic E-state index is 4.29. The average Bonchev–Trinajstić information content (AvgIpc) is 3.46. The van der Waals surface area contributed by atoms with Crippen LogP contribution in [0.4, 0.5) is 0 Å². The van der Waals surface area contributed by atoms with Crippen molar-refractivity contribution in [1.82, 2.24) is 24.9 Å². The summed E-state index contributed by atoms with van der Waals surface area (Å²) in [7, 11) is 0. The third kappa shape index (κ3) is 2.93. The Morgan fingerprint density at radius 1 is 1.06 bits per heavy atom. The van der Waals surface area contributed by atoms with Gasteiger partial charge in [0.1, 0.15) is 6.33 Å². The summed E-state index contributed by atoms with van der Waals surface area (Å²) in [5.41, 5.74) is 10.0. The molecule has 0 aliphatic carbocycles. The van der Waals surface area contributed by atoms with Crippen LogP contribution < -0.4 is 5.32 Å². The van der Waals surface area contributed by atoms with Gasteiger partial charge in [-0.25, -0.2) is 0 Å². The molecule has 2 fully saturated rings. The molecule has 1 aromatic carbocycles. The minimum atomic E-state index is 0.430.